The van der Waals surface area contributed by atoms with Gasteiger partial charge in [0.2, 0.25) is 0 Å². The number of ether oxygens (including phenoxy) is 4. The first-order valence-corrected chi connectivity index (χ1v) is 12.5. The molecule has 6 nitrogen and oxygen atoms in total. The number of hydrogen-bond donors (Lipinski definition) is 0. The van der Waals surface area contributed by atoms with E-state index < -0.39 is 0 Å². The summed E-state index contributed by atoms with van der Waals surface area (Å²) in [5, 5.41) is 2.13. The molecule has 0 spiro atoms. The second kappa shape index (κ2) is 16.4. The van der Waals surface area contributed by atoms with Gasteiger partial charge in [-0.2, -0.15) is 0 Å². The SMILES string of the molecule is CCCCN(CCCC)Cc1c(Cc2nccc3cc(OC)c(OC)cc23)ccc(OC)c1OC.Cl.Cl. The van der Waals surface area contributed by atoms with Crippen molar-refractivity contribution < 1.29 is 18.9 Å². The van der Waals surface area contributed by atoms with Crippen LogP contribution in [-0.4, -0.2) is 51.4 Å². The van der Waals surface area contributed by atoms with Gasteiger partial charge in [-0.15, -0.1) is 24.8 Å². The molecule has 0 fully saturated rings. The molecule has 0 aliphatic rings. The number of unbranched alkanes of at least 4 members (excludes halogenated alkanes) is 2. The van der Waals surface area contributed by atoms with E-state index in [-0.39, 0.29) is 24.8 Å². The van der Waals surface area contributed by atoms with Crippen LogP contribution in [0.25, 0.3) is 10.8 Å². The molecule has 206 valence electrons. The van der Waals surface area contributed by atoms with Gasteiger partial charge in [-0.1, -0.05) is 32.8 Å². The minimum absolute atomic E-state index is 0. The van der Waals surface area contributed by atoms with E-state index in [9.17, 15) is 0 Å². The van der Waals surface area contributed by atoms with Crippen LogP contribution in [0.5, 0.6) is 23.0 Å². The highest BCUT2D eigenvalue weighted by molar-refractivity contribution is 5.88. The van der Waals surface area contributed by atoms with Crippen molar-refractivity contribution >= 4 is 35.6 Å². The fraction of sp³-hybridized carbons (Fsp3) is 0.483. The zero-order chi connectivity index (χ0) is 25.2. The van der Waals surface area contributed by atoms with Gasteiger partial charge in [0.15, 0.2) is 23.0 Å². The summed E-state index contributed by atoms with van der Waals surface area (Å²) in [6.45, 7) is 7.44. The molecule has 0 amide bonds. The molecule has 37 heavy (non-hydrogen) atoms. The van der Waals surface area contributed by atoms with Gasteiger partial charge in [-0.25, -0.2) is 0 Å². The number of fused-ring (bicyclic) bond motifs is 1. The molecule has 1 heterocycles. The van der Waals surface area contributed by atoms with Crippen LogP contribution >= 0.6 is 24.8 Å². The van der Waals surface area contributed by atoms with Crippen molar-refractivity contribution in [3.05, 3.63) is 53.3 Å². The molecule has 0 radical (unpaired) electrons. The Labute approximate surface area is 234 Å². The van der Waals surface area contributed by atoms with Gasteiger partial charge in [-0.05, 0) is 61.1 Å². The fourth-order valence-corrected chi connectivity index (χ4v) is 4.51. The van der Waals surface area contributed by atoms with E-state index in [4.69, 9.17) is 23.9 Å². The van der Waals surface area contributed by atoms with Crippen molar-refractivity contribution in [1.82, 2.24) is 9.88 Å². The number of rotatable bonds is 14. The number of nitrogens with zero attached hydrogens (tertiary/aromatic N) is 2. The van der Waals surface area contributed by atoms with Crippen molar-refractivity contribution in [3.8, 4) is 23.0 Å². The first-order valence-electron chi connectivity index (χ1n) is 12.5. The predicted octanol–water partition coefficient (Wildman–Crippen LogP) is 7.11. The summed E-state index contributed by atoms with van der Waals surface area (Å²) in [5.74, 6) is 2.98. The van der Waals surface area contributed by atoms with Gasteiger partial charge in [0.25, 0.3) is 0 Å². The minimum atomic E-state index is 0. The Morgan fingerprint density at radius 2 is 1.38 bits per heavy atom. The molecule has 0 atom stereocenters. The first-order chi connectivity index (χ1) is 17.1. The van der Waals surface area contributed by atoms with Crippen LogP contribution in [-0.2, 0) is 13.0 Å². The molecule has 0 saturated heterocycles. The summed E-state index contributed by atoms with van der Waals surface area (Å²) in [7, 11) is 6.73. The molecule has 8 heteroatoms. The van der Waals surface area contributed by atoms with Crippen LogP contribution in [0.4, 0.5) is 0 Å². The normalized spacial score (nSPS) is 10.6. The van der Waals surface area contributed by atoms with Gasteiger partial charge in [-0.3, -0.25) is 9.88 Å². The zero-order valence-electron chi connectivity index (χ0n) is 23.0. The summed E-state index contributed by atoms with van der Waals surface area (Å²) >= 11 is 0. The lowest BCUT2D eigenvalue weighted by Gasteiger charge is -2.25. The van der Waals surface area contributed by atoms with E-state index in [1.807, 2.05) is 30.5 Å². The molecule has 0 aliphatic heterocycles. The Morgan fingerprint density at radius 1 is 0.757 bits per heavy atom. The third-order valence-corrected chi connectivity index (χ3v) is 6.49. The van der Waals surface area contributed by atoms with Crippen molar-refractivity contribution in [3.63, 3.8) is 0 Å². The van der Waals surface area contributed by atoms with Crippen molar-refractivity contribution in [2.75, 3.05) is 41.5 Å². The van der Waals surface area contributed by atoms with Crippen LogP contribution in [0.1, 0.15) is 56.4 Å². The lowest BCUT2D eigenvalue weighted by molar-refractivity contribution is 0.250. The second-order valence-corrected chi connectivity index (χ2v) is 8.78. The van der Waals surface area contributed by atoms with E-state index in [2.05, 4.69) is 24.8 Å². The molecule has 1 aromatic heterocycles. The summed E-state index contributed by atoms with van der Waals surface area (Å²) in [5.41, 5.74) is 3.35. The first kappa shape index (κ1) is 32.6. The molecule has 0 bridgehead atoms. The monoisotopic (exact) mass is 552 g/mol. The largest absolute Gasteiger partial charge is 0.493 e. The second-order valence-electron chi connectivity index (χ2n) is 8.78. The zero-order valence-corrected chi connectivity index (χ0v) is 24.6. The average Bonchev–Trinajstić information content (AvgIpc) is 2.89. The van der Waals surface area contributed by atoms with Crippen LogP contribution in [0.3, 0.4) is 0 Å². The lowest BCUT2D eigenvalue weighted by atomic mass is 9.97. The number of pyridine rings is 1. The smallest absolute Gasteiger partial charge is 0.165 e. The highest BCUT2D eigenvalue weighted by Crippen LogP contribution is 2.37. The molecule has 0 aliphatic carbocycles. The molecular formula is C29H42Cl2N2O4. The van der Waals surface area contributed by atoms with Gasteiger partial charge in [0.1, 0.15) is 0 Å². The Bertz CT molecular complexity index is 1100. The lowest BCUT2D eigenvalue weighted by Crippen LogP contribution is -2.26. The topological polar surface area (TPSA) is 53.1 Å². The predicted molar refractivity (Wildman–Crippen MR) is 157 cm³/mol. The van der Waals surface area contributed by atoms with Gasteiger partial charge < -0.3 is 18.9 Å². The van der Waals surface area contributed by atoms with Gasteiger partial charge in [0, 0.05) is 30.1 Å². The maximum atomic E-state index is 5.90. The third kappa shape index (κ3) is 8.03. The summed E-state index contributed by atoms with van der Waals surface area (Å²) in [6, 6.07) is 10.2. The highest BCUT2D eigenvalue weighted by Gasteiger charge is 2.20. The molecule has 0 saturated carbocycles. The minimum Gasteiger partial charge on any atom is -0.493 e. The van der Waals surface area contributed by atoms with E-state index in [1.54, 1.807) is 28.4 Å². The van der Waals surface area contributed by atoms with E-state index >= 15 is 0 Å². The molecule has 0 N–H and O–H groups in total. The van der Waals surface area contributed by atoms with E-state index in [1.165, 1.54) is 36.8 Å². The van der Waals surface area contributed by atoms with Crippen LogP contribution < -0.4 is 18.9 Å². The maximum absolute atomic E-state index is 5.90. The average molecular weight is 554 g/mol. The quantitative estimate of drug-likeness (QED) is 0.212. The fourth-order valence-electron chi connectivity index (χ4n) is 4.51. The Morgan fingerprint density at radius 3 is 1.95 bits per heavy atom. The summed E-state index contributed by atoms with van der Waals surface area (Å²) in [6.07, 6.45) is 7.25. The molecule has 0 unspecified atom stereocenters. The van der Waals surface area contributed by atoms with Gasteiger partial charge >= 0.3 is 0 Å². The van der Waals surface area contributed by atoms with Crippen molar-refractivity contribution in [2.24, 2.45) is 0 Å². The molecule has 3 rings (SSSR count). The number of hydrogen-bond acceptors (Lipinski definition) is 6. The third-order valence-electron chi connectivity index (χ3n) is 6.49. The van der Waals surface area contributed by atoms with Gasteiger partial charge in [0.05, 0.1) is 34.1 Å². The summed E-state index contributed by atoms with van der Waals surface area (Å²) < 4.78 is 22.6. The van der Waals surface area contributed by atoms with Crippen LogP contribution in [0.15, 0.2) is 36.5 Å². The van der Waals surface area contributed by atoms with Crippen molar-refractivity contribution in [2.45, 2.75) is 52.5 Å². The number of halogens is 2. The van der Waals surface area contributed by atoms with Crippen molar-refractivity contribution in [1.29, 1.82) is 0 Å². The highest BCUT2D eigenvalue weighted by atomic mass is 35.5. The van der Waals surface area contributed by atoms with E-state index in [0.29, 0.717) is 17.9 Å². The van der Waals surface area contributed by atoms with E-state index in [0.717, 1.165) is 47.6 Å². The molecule has 2 aromatic carbocycles. The maximum Gasteiger partial charge on any atom is 0.165 e. The number of benzene rings is 2. The number of methoxy groups -OCH3 is 4. The standard InChI is InChI=1S/C29H40N2O4.2ClH/c1-7-9-15-31(16-10-8-2)20-24-21(11-12-26(32-3)29(24)35-6)17-25-23-19-28(34-5)27(33-4)18-22(23)13-14-30-25;;/h11-14,18-19H,7-10,15-17,20H2,1-6H3;2*1H. The Balaban J connectivity index is 0.00000342. The Kier molecular flexibility index (Phi) is 14.5. The Hall–Kier alpha value is -2.41. The van der Waals surface area contributed by atoms with Crippen LogP contribution in [0, 0.1) is 0 Å². The van der Waals surface area contributed by atoms with Crippen LogP contribution in [0.2, 0.25) is 0 Å². The summed E-state index contributed by atoms with van der Waals surface area (Å²) in [4.78, 5) is 7.31. The molecular weight excluding hydrogens is 511 g/mol. The number of aromatic nitrogens is 1. The molecule has 3 aromatic rings.